The second kappa shape index (κ2) is 35.1. The van der Waals surface area contributed by atoms with Gasteiger partial charge >= 0.3 is 17.9 Å². The Morgan fingerprint density at radius 2 is 0.819 bits per heavy atom. The van der Waals surface area contributed by atoms with Crippen molar-refractivity contribution in [2.24, 2.45) is 0 Å². The van der Waals surface area contributed by atoms with Crippen LogP contribution in [-0.4, -0.2) is 115 Å². The first kappa shape index (κ1) is 78.4. The lowest BCUT2D eigenvalue weighted by atomic mass is 10.1. The van der Waals surface area contributed by atoms with Crippen LogP contribution in [0.2, 0.25) is 36.3 Å². The highest BCUT2D eigenvalue weighted by Crippen LogP contribution is 2.40. The Kier molecular flexibility index (Phi) is 29.2. The van der Waals surface area contributed by atoms with Gasteiger partial charge in [-0.3, -0.25) is 0 Å². The molecule has 6 aromatic carbocycles. The van der Waals surface area contributed by atoms with Crippen LogP contribution in [0.3, 0.4) is 0 Å². The van der Waals surface area contributed by atoms with E-state index in [4.69, 9.17) is 23.1 Å². The highest BCUT2D eigenvalue weighted by molar-refractivity contribution is 9.10. The molecule has 3 saturated heterocycles. The largest absolute Gasteiger partial charge is 0.459 e. The smallest absolute Gasteiger partial charge is 0.335 e. The average molecular weight is 1410 g/mol. The minimum absolute atomic E-state index is 0. The van der Waals surface area contributed by atoms with Gasteiger partial charge in [0.2, 0.25) is 0 Å². The molecule has 21 heteroatoms. The van der Waals surface area contributed by atoms with Crippen LogP contribution in [0.4, 0.5) is 37.7 Å². The summed E-state index contributed by atoms with van der Waals surface area (Å²) in [5, 5.41) is 12.5. The molecule has 0 amide bonds. The number of esters is 3. The summed E-state index contributed by atoms with van der Waals surface area (Å²) >= 11 is 3.45. The second-order valence-electron chi connectivity index (χ2n) is 26.9. The number of carbonyl (C=O) groups is 3. The molecular formula is C73H96BrF6N3O9Si2. The Balaban J connectivity index is 0.000000242. The van der Waals surface area contributed by atoms with Crippen molar-refractivity contribution in [1.82, 2.24) is 5.32 Å². The van der Waals surface area contributed by atoms with Crippen LogP contribution in [0, 0.1) is 0 Å². The van der Waals surface area contributed by atoms with Crippen LogP contribution >= 0.6 is 15.9 Å². The maximum Gasteiger partial charge on any atom is 0.335 e. The van der Waals surface area contributed by atoms with Gasteiger partial charge in [-0.05, 0) is 106 Å². The standard InChI is InChI=1S/C26H35F2NO3Si.C22H29BrO3Si.C20H21F2NO3.C4H7F2N.CH4/c1-25(2,3)33(4,5)32-23(24(30)31-18-21-9-7-6-8-10-21)17-20-11-13-22(14-12-20)29-16-15-26(27,28)19-29;1-22(2,3)27(4,5)26-20(15-17-11-13-19(23)14-12-17)21(24)25-16-18-9-7-6-8-10-18;21-20(22)10-11-23(14-20)17-8-6-15(7-9-17)12-18(24)19(25)26-13-16-4-2-1-3-5-16;5-4(6)1-2-7-3-4;/h6-14,23H,15-19H2,1-5H3;6-14,20H,15-16H2,1-5H3;1-9,18,24H,10-14H2;7H,1-3H2;1H4/t23-;20-;18-;;/m111../s1. The van der Waals surface area contributed by atoms with Gasteiger partial charge in [-0.15, -0.1) is 0 Å². The Hall–Kier alpha value is -6.34. The summed E-state index contributed by atoms with van der Waals surface area (Å²) in [7, 11) is -4.35. The van der Waals surface area contributed by atoms with E-state index in [-0.39, 0.29) is 94.6 Å². The molecule has 0 aliphatic carbocycles. The summed E-state index contributed by atoms with van der Waals surface area (Å²) in [6.45, 7) is 22.5. The number of ether oxygens (including phenoxy) is 3. The highest BCUT2D eigenvalue weighted by Gasteiger charge is 2.44. The molecule has 12 nitrogen and oxygen atoms in total. The van der Waals surface area contributed by atoms with Gasteiger partial charge in [0, 0.05) is 74.0 Å². The quantitative estimate of drug-likeness (QED) is 0.0307. The van der Waals surface area contributed by atoms with Gasteiger partial charge in [-0.1, -0.05) is 192 Å². The number of anilines is 2. The first-order chi connectivity index (χ1) is 43.6. The van der Waals surface area contributed by atoms with Gasteiger partial charge in [0.1, 0.15) is 32.0 Å². The summed E-state index contributed by atoms with van der Waals surface area (Å²) in [6.07, 6.45) is -1.85. The Morgan fingerprint density at radius 3 is 1.11 bits per heavy atom. The Morgan fingerprint density at radius 1 is 0.489 bits per heavy atom. The van der Waals surface area contributed by atoms with Crippen molar-refractivity contribution in [2.75, 3.05) is 49.1 Å². The van der Waals surface area contributed by atoms with Crippen molar-refractivity contribution in [3.63, 3.8) is 0 Å². The zero-order chi connectivity index (χ0) is 68.3. The molecule has 0 bridgehead atoms. The average Bonchev–Trinajstić information content (AvgIpc) is 1.30. The fraction of sp³-hybridized carbons (Fsp3) is 0.466. The number of hydrogen-bond acceptors (Lipinski definition) is 12. The fourth-order valence-corrected chi connectivity index (χ4v) is 12.2. The second-order valence-corrected chi connectivity index (χ2v) is 37.4. The van der Waals surface area contributed by atoms with E-state index in [1.54, 1.807) is 34.1 Å². The summed E-state index contributed by atoms with van der Waals surface area (Å²) in [5.74, 6) is -9.06. The maximum absolute atomic E-state index is 13.6. The van der Waals surface area contributed by atoms with Crippen molar-refractivity contribution < 1.29 is 68.9 Å². The zero-order valence-corrected chi connectivity index (χ0v) is 58.8. The van der Waals surface area contributed by atoms with Crippen LogP contribution in [0.5, 0.6) is 0 Å². The van der Waals surface area contributed by atoms with E-state index in [2.05, 4.69) is 89.0 Å². The molecule has 6 aromatic rings. The van der Waals surface area contributed by atoms with E-state index in [1.807, 2.05) is 140 Å². The number of nitrogens with zero attached hydrogens (tertiary/aromatic N) is 2. The highest BCUT2D eigenvalue weighted by atomic mass is 79.9. The maximum atomic E-state index is 13.6. The van der Waals surface area contributed by atoms with Crippen LogP contribution in [0.25, 0.3) is 0 Å². The van der Waals surface area contributed by atoms with E-state index >= 15 is 0 Å². The number of halogens is 7. The minimum atomic E-state index is -2.64. The summed E-state index contributed by atoms with van der Waals surface area (Å²) in [4.78, 5) is 41.1. The van der Waals surface area contributed by atoms with Gasteiger partial charge in [0.05, 0.1) is 19.6 Å². The van der Waals surface area contributed by atoms with Crippen LogP contribution in [0.15, 0.2) is 168 Å². The number of aliphatic hydroxyl groups is 1. The van der Waals surface area contributed by atoms with E-state index in [9.17, 15) is 45.8 Å². The Labute approximate surface area is 563 Å². The van der Waals surface area contributed by atoms with Crippen molar-refractivity contribution in [3.8, 4) is 0 Å². The third-order valence-electron chi connectivity index (χ3n) is 17.1. The van der Waals surface area contributed by atoms with Crippen LogP contribution < -0.4 is 15.1 Å². The van der Waals surface area contributed by atoms with Crippen molar-refractivity contribution in [1.29, 1.82) is 0 Å². The number of rotatable bonds is 21. The fourth-order valence-electron chi connectivity index (χ4n) is 9.46. The predicted octanol–water partition coefficient (Wildman–Crippen LogP) is 16.8. The first-order valence-corrected chi connectivity index (χ1v) is 38.1. The minimum Gasteiger partial charge on any atom is -0.459 e. The molecule has 514 valence electrons. The normalized spacial score (nSPS) is 16.7. The SMILES string of the molecule is C.CC(C)(C)[Si](C)(C)O[C@H](Cc1ccc(Br)cc1)C(=O)OCc1ccccc1.CC(C)(C)[Si](C)(C)O[C@H](Cc1ccc(N2CCC(F)(F)C2)cc1)C(=O)OCc1ccccc1.FC1(F)CCNC1.O=C(OCc1ccccc1)[C@H](O)Cc1ccc(N2CCC(F)(F)C2)cc1. The topological polar surface area (TPSA) is 136 Å². The molecule has 0 saturated carbocycles. The van der Waals surface area contributed by atoms with Gasteiger partial charge in [-0.25, -0.2) is 40.7 Å². The van der Waals surface area contributed by atoms with Gasteiger partial charge in [0.15, 0.2) is 22.7 Å². The van der Waals surface area contributed by atoms with E-state index in [1.165, 1.54) is 0 Å². The number of alkyl halides is 6. The summed E-state index contributed by atoms with van der Waals surface area (Å²) in [5.41, 5.74) is 6.92. The molecule has 3 aliphatic rings. The van der Waals surface area contributed by atoms with E-state index < -0.39 is 58.7 Å². The predicted molar refractivity (Wildman–Crippen MR) is 370 cm³/mol. The molecule has 0 radical (unpaired) electrons. The molecular weight excluding hydrogens is 1310 g/mol. The van der Waals surface area contributed by atoms with Crippen LogP contribution in [0.1, 0.15) is 102 Å². The molecule has 2 N–H and O–H groups in total. The van der Waals surface area contributed by atoms with E-state index in [0.717, 1.165) is 43.5 Å². The monoisotopic (exact) mass is 1410 g/mol. The zero-order valence-electron chi connectivity index (χ0n) is 55.2. The molecule has 3 aliphatic heterocycles. The van der Waals surface area contributed by atoms with Gasteiger partial charge < -0.3 is 43.3 Å². The number of carbonyl (C=O) groups excluding carboxylic acids is 3. The third-order valence-corrected chi connectivity index (χ3v) is 26.6. The molecule has 94 heavy (non-hydrogen) atoms. The van der Waals surface area contributed by atoms with Crippen LogP contribution in [-0.2, 0) is 76.5 Å². The molecule has 0 unspecified atom stereocenters. The van der Waals surface area contributed by atoms with Gasteiger partial charge in [0.25, 0.3) is 17.8 Å². The number of hydrogen-bond donors (Lipinski definition) is 2. The lowest BCUT2D eigenvalue weighted by Crippen LogP contribution is -2.47. The van der Waals surface area contributed by atoms with Gasteiger partial charge in [-0.2, -0.15) is 0 Å². The van der Waals surface area contributed by atoms with E-state index in [0.29, 0.717) is 38.2 Å². The summed E-state index contributed by atoms with van der Waals surface area (Å²) in [6, 6.07) is 50.9. The number of nitrogens with one attached hydrogen (secondary N) is 1. The molecule has 0 aromatic heterocycles. The molecule has 9 rings (SSSR count). The van der Waals surface area contributed by atoms with Crippen molar-refractivity contribution in [3.05, 3.63) is 202 Å². The lowest BCUT2D eigenvalue weighted by molar-refractivity contribution is -0.155. The molecule has 0 spiro atoms. The number of benzene rings is 6. The third kappa shape index (κ3) is 26.0. The Bertz CT molecular complexity index is 3250. The summed E-state index contributed by atoms with van der Waals surface area (Å²) < 4.78 is 108. The molecule has 3 heterocycles. The lowest BCUT2D eigenvalue weighted by Gasteiger charge is -2.38. The van der Waals surface area contributed by atoms with Crippen molar-refractivity contribution in [2.45, 2.75) is 180 Å². The number of aliphatic hydroxyl groups excluding tert-OH is 1. The first-order valence-electron chi connectivity index (χ1n) is 31.5. The van der Waals surface area contributed by atoms with Crippen molar-refractivity contribution >= 4 is 61.8 Å². The molecule has 3 fully saturated rings. The molecule has 3 atom stereocenters.